The maximum absolute atomic E-state index is 6.07. The van der Waals surface area contributed by atoms with Gasteiger partial charge < -0.3 is 4.90 Å². The predicted molar refractivity (Wildman–Crippen MR) is 75.9 cm³/mol. The highest BCUT2D eigenvalue weighted by Gasteiger charge is 2.24. The van der Waals surface area contributed by atoms with E-state index in [1.807, 2.05) is 0 Å². The Morgan fingerprint density at radius 2 is 2.12 bits per heavy atom. The van der Waals surface area contributed by atoms with Crippen molar-refractivity contribution in [2.45, 2.75) is 45.5 Å². The summed E-state index contributed by atoms with van der Waals surface area (Å²) in [6.07, 6.45) is 2.58. The number of piperidine rings is 1. The molecule has 2 unspecified atom stereocenters. The highest BCUT2D eigenvalue weighted by atomic mass is 35.5. The molecule has 0 saturated carbocycles. The molecule has 94 valence electrons. The first-order valence-corrected chi connectivity index (χ1v) is 7.07. The second kappa shape index (κ2) is 5.30. The maximum Gasteiger partial charge on any atom is 0.0494 e. The summed E-state index contributed by atoms with van der Waals surface area (Å²) in [5.74, 6) is 1.46. The second-order valence-electron chi connectivity index (χ2n) is 5.44. The van der Waals surface area contributed by atoms with Crippen molar-refractivity contribution in [3.05, 3.63) is 29.3 Å². The van der Waals surface area contributed by atoms with Crippen molar-refractivity contribution in [3.63, 3.8) is 0 Å². The van der Waals surface area contributed by atoms with Crippen LogP contribution in [0.2, 0.25) is 0 Å². The molecule has 2 atom stereocenters. The molecule has 1 aliphatic rings. The summed E-state index contributed by atoms with van der Waals surface area (Å²) >= 11 is 6.07. The molecule has 0 spiro atoms. The van der Waals surface area contributed by atoms with Gasteiger partial charge in [0.25, 0.3) is 0 Å². The Balaban J connectivity index is 2.27. The Morgan fingerprint density at radius 3 is 2.76 bits per heavy atom. The van der Waals surface area contributed by atoms with Crippen molar-refractivity contribution in [3.8, 4) is 0 Å². The number of aryl methyl sites for hydroxylation is 1. The molecule has 1 nitrogen and oxygen atoms in total. The Morgan fingerprint density at radius 1 is 1.35 bits per heavy atom. The lowest BCUT2D eigenvalue weighted by atomic mass is 9.92. The zero-order valence-electron chi connectivity index (χ0n) is 11.0. The summed E-state index contributed by atoms with van der Waals surface area (Å²) < 4.78 is 0. The van der Waals surface area contributed by atoms with Gasteiger partial charge in [0, 0.05) is 24.2 Å². The molecule has 1 fully saturated rings. The lowest BCUT2D eigenvalue weighted by Crippen LogP contribution is -2.40. The monoisotopic (exact) mass is 251 g/mol. The van der Waals surface area contributed by atoms with Gasteiger partial charge in [-0.1, -0.05) is 24.6 Å². The summed E-state index contributed by atoms with van der Waals surface area (Å²) in [5.41, 5.74) is 3.90. The normalized spacial score (nSPS) is 25.1. The molecule has 2 rings (SSSR count). The zero-order chi connectivity index (χ0) is 12.4. The van der Waals surface area contributed by atoms with E-state index in [1.165, 1.54) is 29.7 Å². The van der Waals surface area contributed by atoms with Gasteiger partial charge in [-0.15, -0.1) is 11.6 Å². The third-order valence-corrected chi connectivity index (χ3v) is 4.11. The smallest absolute Gasteiger partial charge is 0.0494 e. The number of hydrogen-bond donors (Lipinski definition) is 0. The molecular weight excluding hydrogens is 230 g/mol. The second-order valence-corrected chi connectivity index (χ2v) is 5.71. The molecule has 1 aromatic carbocycles. The molecule has 0 bridgehead atoms. The van der Waals surface area contributed by atoms with Crippen LogP contribution in [0.5, 0.6) is 0 Å². The third kappa shape index (κ3) is 2.77. The number of halogens is 1. The standard InChI is InChI=1S/C15H22ClN/c1-11-4-5-15(14(9-11)10-16)17-7-6-12(2)8-13(17)3/h4-5,9,12-13H,6-8,10H2,1-3H3. The van der Waals surface area contributed by atoms with Gasteiger partial charge >= 0.3 is 0 Å². The van der Waals surface area contributed by atoms with E-state index < -0.39 is 0 Å². The fourth-order valence-corrected chi connectivity index (χ4v) is 3.08. The van der Waals surface area contributed by atoms with E-state index in [0.717, 1.165) is 12.5 Å². The molecule has 0 aliphatic carbocycles. The molecule has 1 aromatic rings. The molecule has 0 N–H and O–H groups in total. The third-order valence-electron chi connectivity index (χ3n) is 3.83. The lowest BCUT2D eigenvalue weighted by molar-refractivity contribution is 0.377. The molecular formula is C15H22ClN. The van der Waals surface area contributed by atoms with E-state index in [1.54, 1.807) is 0 Å². The number of rotatable bonds is 2. The molecule has 1 heterocycles. The molecule has 17 heavy (non-hydrogen) atoms. The van der Waals surface area contributed by atoms with Crippen molar-refractivity contribution >= 4 is 17.3 Å². The minimum absolute atomic E-state index is 0.607. The van der Waals surface area contributed by atoms with Crippen molar-refractivity contribution in [1.82, 2.24) is 0 Å². The first-order valence-electron chi connectivity index (χ1n) is 6.54. The van der Waals surface area contributed by atoms with E-state index >= 15 is 0 Å². The van der Waals surface area contributed by atoms with Crippen molar-refractivity contribution in [2.75, 3.05) is 11.4 Å². The topological polar surface area (TPSA) is 3.24 Å². The van der Waals surface area contributed by atoms with Crippen LogP contribution in [0.3, 0.4) is 0 Å². The Kier molecular flexibility index (Phi) is 3.98. The van der Waals surface area contributed by atoms with E-state index in [4.69, 9.17) is 11.6 Å². The first-order chi connectivity index (χ1) is 8.11. The van der Waals surface area contributed by atoms with Gasteiger partial charge in [-0.3, -0.25) is 0 Å². The zero-order valence-corrected chi connectivity index (χ0v) is 11.8. The Labute approximate surface area is 110 Å². The Hall–Kier alpha value is -0.690. The minimum atomic E-state index is 0.607. The van der Waals surface area contributed by atoms with Gasteiger partial charge in [-0.05, 0) is 44.2 Å². The van der Waals surface area contributed by atoms with Gasteiger partial charge in [0.1, 0.15) is 0 Å². The summed E-state index contributed by atoms with van der Waals surface area (Å²) in [7, 11) is 0. The van der Waals surface area contributed by atoms with E-state index in [0.29, 0.717) is 11.9 Å². The number of hydrogen-bond acceptors (Lipinski definition) is 1. The van der Waals surface area contributed by atoms with Crippen LogP contribution in [0.1, 0.15) is 37.8 Å². The highest BCUT2D eigenvalue weighted by molar-refractivity contribution is 6.17. The van der Waals surface area contributed by atoms with Crippen LogP contribution in [0.4, 0.5) is 5.69 Å². The van der Waals surface area contributed by atoms with Crippen LogP contribution in [0, 0.1) is 12.8 Å². The van der Waals surface area contributed by atoms with E-state index in [-0.39, 0.29) is 0 Å². The van der Waals surface area contributed by atoms with Crippen LogP contribution in [0.15, 0.2) is 18.2 Å². The average Bonchev–Trinajstić information content (AvgIpc) is 2.30. The molecule has 0 amide bonds. The summed E-state index contributed by atoms with van der Waals surface area (Å²) in [6.45, 7) is 7.97. The first kappa shape index (κ1) is 12.8. The number of benzene rings is 1. The summed E-state index contributed by atoms with van der Waals surface area (Å²) in [6, 6.07) is 7.27. The van der Waals surface area contributed by atoms with Crippen molar-refractivity contribution < 1.29 is 0 Å². The van der Waals surface area contributed by atoms with Crippen molar-refractivity contribution in [2.24, 2.45) is 5.92 Å². The maximum atomic E-state index is 6.07. The van der Waals surface area contributed by atoms with Crippen LogP contribution in [-0.2, 0) is 5.88 Å². The van der Waals surface area contributed by atoms with Gasteiger partial charge in [0.2, 0.25) is 0 Å². The van der Waals surface area contributed by atoms with Gasteiger partial charge in [0.05, 0.1) is 0 Å². The van der Waals surface area contributed by atoms with Gasteiger partial charge in [-0.2, -0.15) is 0 Å². The minimum Gasteiger partial charge on any atom is -0.369 e. The van der Waals surface area contributed by atoms with Crippen LogP contribution >= 0.6 is 11.6 Å². The van der Waals surface area contributed by atoms with Crippen LogP contribution in [0.25, 0.3) is 0 Å². The van der Waals surface area contributed by atoms with Crippen LogP contribution < -0.4 is 4.90 Å². The largest absolute Gasteiger partial charge is 0.369 e. The summed E-state index contributed by atoms with van der Waals surface area (Å²) in [5, 5.41) is 0. The van der Waals surface area contributed by atoms with Crippen molar-refractivity contribution in [1.29, 1.82) is 0 Å². The average molecular weight is 252 g/mol. The molecule has 1 saturated heterocycles. The number of alkyl halides is 1. The quantitative estimate of drug-likeness (QED) is 0.706. The SMILES string of the molecule is Cc1ccc(N2CCC(C)CC2C)c(CCl)c1. The molecule has 0 aromatic heterocycles. The molecule has 0 radical (unpaired) electrons. The van der Waals surface area contributed by atoms with Gasteiger partial charge in [-0.25, -0.2) is 0 Å². The van der Waals surface area contributed by atoms with Crippen LogP contribution in [-0.4, -0.2) is 12.6 Å². The number of nitrogens with zero attached hydrogens (tertiary/aromatic N) is 1. The fraction of sp³-hybridized carbons (Fsp3) is 0.600. The summed E-state index contributed by atoms with van der Waals surface area (Å²) in [4.78, 5) is 2.52. The lowest BCUT2D eigenvalue weighted by Gasteiger charge is -2.39. The Bertz CT molecular complexity index is 389. The van der Waals surface area contributed by atoms with E-state index in [9.17, 15) is 0 Å². The van der Waals surface area contributed by atoms with E-state index in [2.05, 4.69) is 43.9 Å². The molecule has 2 heteroatoms. The highest BCUT2D eigenvalue weighted by Crippen LogP contribution is 2.31. The molecule has 1 aliphatic heterocycles. The predicted octanol–water partition coefficient (Wildman–Crippen LogP) is 4.36. The number of anilines is 1. The fourth-order valence-electron chi connectivity index (χ4n) is 2.87. The van der Waals surface area contributed by atoms with Gasteiger partial charge in [0.15, 0.2) is 0 Å².